The maximum absolute atomic E-state index is 12.4. The van der Waals surface area contributed by atoms with Crippen molar-refractivity contribution in [3.05, 3.63) is 66.4 Å². The Kier molecular flexibility index (Phi) is 3.95. The first-order chi connectivity index (χ1) is 11.8. The van der Waals surface area contributed by atoms with Crippen molar-refractivity contribution >= 4 is 16.8 Å². The molecule has 1 N–H and O–H groups in total. The van der Waals surface area contributed by atoms with Crippen molar-refractivity contribution in [2.45, 2.75) is 25.4 Å². The van der Waals surface area contributed by atoms with Crippen molar-refractivity contribution in [3.8, 4) is 5.75 Å². The first kappa shape index (κ1) is 14.8. The maximum Gasteiger partial charge on any atom is 0.222 e. The normalized spacial score (nSPS) is 16.4. The summed E-state index contributed by atoms with van der Waals surface area (Å²) < 4.78 is 7.78. The van der Waals surface area contributed by atoms with Crippen LogP contribution >= 0.6 is 0 Å². The summed E-state index contributed by atoms with van der Waals surface area (Å²) in [6.07, 6.45) is 3.33. The Morgan fingerprint density at radius 1 is 1.12 bits per heavy atom. The zero-order valence-electron chi connectivity index (χ0n) is 13.4. The van der Waals surface area contributed by atoms with E-state index >= 15 is 0 Å². The SMILES string of the molecule is O=C(CCn1ccc2ccccc21)N[C@@H]1CCOc2ccccc21. The molecule has 4 heteroatoms. The second-order valence-electron chi connectivity index (χ2n) is 6.11. The molecule has 0 saturated carbocycles. The van der Waals surface area contributed by atoms with Gasteiger partial charge in [0, 0.05) is 36.7 Å². The number of nitrogens with zero attached hydrogens (tertiary/aromatic N) is 1. The van der Waals surface area contributed by atoms with Gasteiger partial charge < -0.3 is 14.6 Å². The van der Waals surface area contributed by atoms with Gasteiger partial charge in [0.25, 0.3) is 0 Å². The van der Waals surface area contributed by atoms with Gasteiger partial charge in [0.2, 0.25) is 5.91 Å². The maximum atomic E-state index is 12.4. The average Bonchev–Trinajstić information content (AvgIpc) is 3.04. The molecule has 0 bridgehead atoms. The zero-order chi connectivity index (χ0) is 16.4. The predicted molar refractivity (Wildman–Crippen MR) is 94.0 cm³/mol. The topological polar surface area (TPSA) is 43.3 Å². The third-order valence-corrected chi connectivity index (χ3v) is 4.55. The van der Waals surface area contributed by atoms with E-state index in [9.17, 15) is 4.79 Å². The first-order valence-electron chi connectivity index (χ1n) is 8.36. The lowest BCUT2D eigenvalue weighted by Gasteiger charge is -2.26. The summed E-state index contributed by atoms with van der Waals surface area (Å²) in [4.78, 5) is 12.4. The molecule has 0 unspecified atom stereocenters. The minimum absolute atomic E-state index is 0.0452. The first-order valence-corrected chi connectivity index (χ1v) is 8.36. The number of aromatic nitrogens is 1. The fourth-order valence-electron chi connectivity index (χ4n) is 3.32. The van der Waals surface area contributed by atoms with Gasteiger partial charge in [-0.15, -0.1) is 0 Å². The molecule has 4 nitrogen and oxygen atoms in total. The molecular formula is C20H20N2O2. The van der Waals surface area contributed by atoms with E-state index in [0.29, 0.717) is 19.6 Å². The van der Waals surface area contributed by atoms with Crippen LogP contribution < -0.4 is 10.1 Å². The summed E-state index contributed by atoms with van der Waals surface area (Å²) >= 11 is 0. The molecule has 1 aliphatic rings. The number of carbonyl (C=O) groups excluding carboxylic acids is 1. The van der Waals surface area contributed by atoms with E-state index in [1.54, 1.807) is 0 Å². The van der Waals surface area contributed by atoms with Crippen LogP contribution in [0.15, 0.2) is 60.8 Å². The zero-order valence-corrected chi connectivity index (χ0v) is 13.4. The van der Waals surface area contributed by atoms with Gasteiger partial charge in [-0.3, -0.25) is 4.79 Å². The van der Waals surface area contributed by atoms with Crippen molar-refractivity contribution in [2.24, 2.45) is 0 Å². The highest BCUT2D eigenvalue weighted by molar-refractivity contribution is 5.80. The van der Waals surface area contributed by atoms with Gasteiger partial charge in [-0.05, 0) is 23.6 Å². The van der Waals surface area contributed by atoms with Crippen molar-refractivity contribution in [3.63, 3.8) is 0 Å². The fraction of sp³-hybridized carbons (Fsp3) is 0.250. The lowest BCUT2D eigenvalue weighted by molar-refractivity contribution is -0.122. The number of hydrogen-bond donors (Lipinski definition) is 1. The van der Waals surface area contributed by atoms with E-state index in [1.165, 1.54) is 10.9 Å². The largest absolute Gasteiger partial charge is 0.493 e. The van der Waals surface area contributed by atoms with Crippen LogP contribution in [-0.4, -0.2) is 17.1 Å². The van der Waals surface area contributed by atoms with E-state index < -0.39 is 0 Å². The van der Waals surface area contributed by atoms with Crippen LogP contribution in [0, 0.1) is 0 Å². The average molecular weight is 320 g/mol. The Labute approximate surface area is 141 Å². The van der Waals surface area contributed by atoms with Crippen LogP contribution in [0.1, 0.15) is 24.4 Å². The highest BCUT2D eigenvalue weighted by atomic mass is 16.5. The molecule has 3 aromatic rings. The molecule has 2 aromatic carbocycles. The fourth-order valence-corrected chi connectivity index (χ4v) is 3.32. The summed E-state index contributed by atoms with van der Waals surface area (Å²) in [6, 6.07) is 18.3. The van der Waals surface area contributed by atoms with E-state index in [0.717, 1.165) is 17.7 Å². The van der Waals surface area contributed by atoms with Crippen LogP contribution in [0.2, 0.25) is 0 Å². The van der Waals surface area contributed by atoms with Crippen LogP contribution in [0.4, 0.5) is 0 Å². The monoisotopic (exact) mass is 320 g/mol. The third-order valence-electron chi connectivity index (χ3n) is 4.55. The number of rotatable bonds is 4. The molecule has 1 aromatic heterocycles. The second-order valence-corrected chi connectivity index (χ2v) is 6.11. The summed E-state index contributed by atoms with van der Waals surface area (Å²) in [5.41, 5.74) is 2.24. The standard InChI is InChI=1S/C20H20N2O2/c23-20(10-13-22-12-9-15-5-1-3-7-18(15)22)21-17-11-14-24-19-8-4-2-6-16(17)19/h1-9,12,17H,10-11,13-14H2,(H,21,23)/t17-/m1/s1. The Balaban J connectivity index is 1.41. The molecule has 1 aliphatic heterocycles. The van der Waals surface area contributed by atoms with Crippen LogP contribution in [-0.2, 0) is 11.3 Å². The van der Waals surface area contributed by atoms with Gasteiger partial charge in [-0.2, -0.15) is 0 Å². The number of ether oxygens (including phenoxy) is 1. The molecule has 0 aliphatic carbocycles. The molecular weight excluding hydrogens is 300 g/mol. The molecule has 0 fully saturated rings. The molecule has 2 heterocycles. The Morgan fingerprint density at radius 2 is 1.96 bits per heavy atom. The number of nitrogens with one attached hydrogen (secondary N) is 1. The highest BCUT2D eigenvalue weighted by Crippen LogP contribution is 2.31. The van der Waals surface area contributed by atoms with Crippen molar-refractivity contribution in [2.75, 3.05) is 6.61 Å². The number of carbonyl (C=O) groups is 1. The molecule has 24 heavy (non-hydrogen) atoms. The predicted octanol–water partition coefficient (Wildman–Crippen LogP) is 3.67. The third kappa shape index (κ3) is 2.87. The number of amides is 1. The Hall–Kier alpha value is -2.75. The molecule has 1 amide bonds. The summed E-state index contributed by atoms with van der Waals surface area (Å²) in [5, 5.41) is 4.36. The molecule has 0 radical (unpaired) electrons. The van der Waals surface area contributed by atoms with Gasteiger partial charge in [-0.1, -0.05) is 36.4 Å². The van der Waals surface area contributed by atoms with Gasteiger partial charge in [0.15, 0.2) is 0 Å². The minimum atomic E-state index is 0.0452. The van der Waals surface area contributed by atoms with E-state index in [1.807, 2.05) is 42.6 Å². The van der Waals surface area contributed by atoms with Crippen LogP contribution in [0.5, 0.6) is 5.75 Å². The van der Waals surface area contributed by atoms with E-state index in [4.69, 9.17) is 4.74 Å². The molecule has 1 atom stereocenters. The second kappa shape index (κ2) is 6.40. The summed E-state index contributed by atoms with van der Waals surface area (Å²) in [7, 11) is 0. The molecule has 0 spiro atoms. The van der Waals surface area contributed by atoms with Gasteiger partial charge >= 0.3 is 0 Å². The van der Waals surface area contributed by atoms with Crippen LogP contribution in [0.3, 0.4) is 0 Å². The lowest BCUT2D eigenvalue weighted by atomic mass is 10.0. The van der Waals surface area contributed by atoms with Crippen LogP contribution in [0.25, 0.3) is 10.9 Å². The number of fused-ring (bicyclic) bond motifs is 2. The number of hydrogen-bond acceptors (Lipinski definition) is 2. The van der Waals surface area contributed by atoms with E-state index in [-0.39, 0.29) is 11.9 Å². The minimum Gasteiger partial charge on any atom is -0.493 e. The molecule has 4 rings (SSSR count). The Bertz CT molecular complexity index is 869. The molecule has 122 valence electrons. The quantitative estimate of drug-likeness (QED) is 0.797. The molecule has 0 saturated heterocycles. The smallest absolute Gasteiger partial charge is 0.222 e. The van der Waals surface area contributed by atoms with Crippen molar-refractivity contribution in [1.29, 1.82) is 0 Å². The number of aryl methyl sites for hydroxylation is 1. The van der Waals surface area contributed by atoms with Crippen molar-refractivity contribution in [1.82, 2.24) is 9.88 Å². The summed E-state index contributed by atoms with van der Waals surface area (Å²) in [6.45, 7) is 1.33. The highest BCUT2D eigenvalue weighted by Gasteiger charge is 2.22. The van der Waals surface area contributed by atoms with Crippen molar-refractivity contribution < 1.29 is 9.53 Å². The van der Waals surface area contributed by atoms with Gasteiger partial charge in [-0.25, -0.2) is 0 Å². The van der Waals surface area contributed by atoms with Gasteiger partial charge in [0.1, 0.15) is 5.75 Å². The number of benzene rings is 2. The Morgan fingerprint density at radius 3 is 2.92 bits per heavy atom. The van der Waals surface area contributed by atoms with E-state index in [2.05, 4.69) is 28.1 Å². The number of para-hydroxylation sites is 2. The van der Waals surface area contributed by atoms with Gasteiger partial charge in [0.05, 0.1) is 12.6 Å². The lowest BCUT2D eigenvalue weighted by Crippen LogP contribution is -2.32. The summed E-state index contributed by atoms with van der Waals surface area (Å²) in [5.74, 6) is 0.958.